The van der Waals surface area contributed by atoms with Crippen molar-refractivity contribution in [1.82, 2.24) is 15.0 Å². The summed E-state index contributed by atoms with van der Waals surface area (Å²) in [6.45, 7) is 0. The standard InChI is InChI=1S/C14H10ClN3O2S/c15-9-2-1-8-3-11(6-16-12(8)4-9)21-7-10-5-17-13(19)14(20)18-10/h1-6H,7H2,(H,17,19)(H,18,20). The van der Waals surface area contributed by atoms with Gasteiger partial charge in [-0.1, -0.05) is 17.7 Å². The normalized spacial score (nSPS) is 10.9. The van der Waals surface area contributed by atoms with E-state index in [1.54, 1.807) is 6.20 Å². The molecule has 3 aromatic rings. The maximum Gasteiger partial charge on any atom is 0.313 e. The minimum absolute atomic E-state index is 0.535. The van der Waals surface area contributed by atoms with Gasteiger partial charge in [0, 0.05) is 39.1 Å². The number of thioether (sulfide) groups is 1. The van der Waals surface area contributed by atoms with Gasteiger partial charge in [0.15, 0.2) is 0 Å². The number of hydrogen-bond acceptors (Lipinski definition) is 4. The molecule has 0 amide bonds. The van der Waals surface area contributed by atoms with E-state index in [4.69, 9.17) is 11.6 Å². The summed E-state index contributed by atoms with van der Waals surface area (Å²) in [5.74, 6) is 0.535. The summed E-state index contributed by atoms with van der Waals surface area (Å²) in [5.41, 5.74) is 0.206. The Morgan fingerprint density at radius 2 is 2.05 bits per heavy atom. The predicted octanol–water partition coefficient (Wildman–Crippen LogP) is 2.56. The van der Waals surface area contributed by atoms with Gasteiger partial charge in [0.1, 0.15) is 0 Å². The summed E-state index contributed by atoms with van der Waals surface area (Å²) < 4.78 is 0. The van der Waals surface area contributed by atoms with Crippen LogP contribution in [0.4, 0.5) is 0 Å². The van der Waals surface area contributed by atoms with Crippen LogP contribution in [0.3, 0.4) is 0 Å². The van der Waals surface area contributed by atoms with Crippen LogP contribution < -0.4 is 11.1 Å². The van der Waals surface area contributed by atoms with Crippen LogP contribution in [-0.4, -0.2) is 15.0 Å². The van der Waals surface area contributed by atoms with Gasteiger partial charge in [0.2, 0.25) is 0 Å². The number of pyridine rings is 1. The fourth-order valence-corrected chi connectivity index (χ4v) is 2.83. The number of fused-ring (bicyclic) bond motifs is 1. The molecule has 0 unspecified atom stereocenters. The highest BCUT2D eigenvalue weighted by Crippen LogP contribution is 2.25. The zero-order valence-corrected chi connectivity index (χ0v) is 12.3. The highest BCUT2D eigenvalue weighted by Gasteiger charge is 2.02. The fraction of sp³-hybridized carbons (Fsp3) is 0.0714. The lowest BCUT2D eigenvalue weighted by Crippen LogP contribution is -2.29. The van der Waals surface area contributed by atoms with Gasteiger partial charge >= 0.3 is 11.1 Å². The molecule has 0 fully saturated rings. The van der Waals surface area contributed by atoms with E-state index in [1.165, 1.54) is 18.0 Å². The molecule has 0 aliphatic heterocycles. The lowest BCUT2D eigenvalue weighted by atomic mass is 10.2. The molecule has 0 saturated heterocycles. The molecule has 5 nitrogen and oxygen atoms in total. The summed E-state index contributed by atoms with van der Waals surface area (Å²) in [5, 5.41) is 1.65. The number of nitrogens with one attached hydrogen (secondary N) is 2. The van der Waals surface area contributed by atoms with Crippen LogP contribution >= 0.6 is 23.4 Å². The number of aromatic nitrogens is 3. The van der Waals surface area contributed by atoms with Crippen LogP contribution in [0.1, 0.15) is 5.69 Å². The van der Waals surface area contributed by atoms with Crippen LogP contribution in [0.25, 0.3) is 10.9 Å². The van der Waals surface area contributed by atoms with Crippen molar-refractivity contribution in [3.05, 3.63) is 68.1 Å². The van der Waals surface area contributed by atoms with Crippen molar-refractivity contribution >= 4 is 34.3 Å². The minimum atomic E-state index is -0.645. The smallest absolute Gasteiger partial charge is 0.313 e. The Bertz CT molecular complexity index is 920. The molecule has 0 bridgehead atoms. The van der Waals surface area contributed by atoms with Crippen molar-refractivity contribution < 1.29 is 0 Å². The van der Waals surface area contributed by atoms with E-state index in [1.807, 2.05) is 24.3 Å². The van der Waals surface area contributed by atoms with Gasteiger partial charge in [-0.2, -0.15) is 0 Å². The predicted molar refractivity (Wildman–Crippen MR) is 84.0 cm³/mol. The lowest BCUT2D eigenvalue weighted by Gasteiger charge is -2.03. The largest absolute Gasteiger partial charge is 0.323 e. The summed E-state index contributed by atoms with van der Waals surface area (Å²) >= 11 is 7.44. The molecule has 2 aromatic heterocycles. The molecule has 0 atom stereocenters. The van der Waals surface area contributed by atoms with Gasteiger partial charge < -0.3 is 9.97 Å². The Balaban J connectivity index is 1.81. The summed E-state index contributed by atoms with van der Waals surface area (Å²) in [6, 6.07) is 7.55. The van der Waals surface area contributed by atoms with Gasteiger partial charge in [-0.25, -0.2) is 0 Å². The first-order valence-corrected chi connectivity index (χ1v) is 7.47. The fourth-order valence-electron chi connectivity index (χ4n) is 1.85. The van der Waals surface area contributed by atoms with Crippen molar-refractivity contribution in [1.29, 1.82) is 0 Å². The Morgan fingerprint density at radius 1 is 1.19 bits per heavy atom. The number of H-pyrrole nitrogens is 2. The van der Waals surface area contributed by atoms with E-state index in [9.17, 15) is 9.59 Å². The Morgan fingerprint density at radius 3 is 2.86 bits per heavy atom. The molecule has 0 aliphatic carbocycles. The number of nitrogens with zero attached hydrogens (tertiary/aromatic N) is 1. The third-order valence-electron chi connectivity index (χ3n) is 2.87. The van der Waals surface area contributed by atoms with Crippen molar-refractivity contribution in [2.45, 2.75) is 10.6 Å². The maximum absolute atomic E-state index is 11.2. The maximum atomic E-state index is 11.2. The number of benzene rings is 1. The average molecular weight is 320 g/mol. The molecule has 1 aromatic carbocycles. The quantitative estimate of drug-likeness (QED) is 0.574. The van der Waals surface area contributed by atoms with Crippen LogP contribution in [0, 0.1) is 0 Å². The lowest BCUT2D eigenvalue weighted by molar-refractivity contribution is 1.01. The van der Waals surface area contributed by atoms with Crippen LogP contribution in [-0.2, 0) is 5.75 Å². The minimum Gasteiger partial charge on any atom is -0.323 e. The number of rotatable bonds is 3. The van der Waals surface area contributed by atoms with E-state index >= 15 is 0 Å². The van der Waals surface area contributed by atoms with E-state index in [0.29, 0.717) is 16.5 Å². The molecule has 2 N–H and O–H groups in total. The Labute approximate surface area is 128 Å². The van der Waals surface area contributed by atoms with Crippen molar-refractivity contribution in [2.75, 3.05) is 0 Å². The second kappa shape index (κ2) is 5.75. The van der Waals surface area contributed by atoms with E-state index < -0.39 is 11.1 Å². The van der Waals surface area contributed by atoms with Gasteiger partial charge in [-0.3, -0.25) is 14.6 Å². The zero-order valence-electron chi connectivity index (χ0n) is 10.7. The molecule has 3 rings (SSSR count). The molecule has 0 aliphatic rings. The van der Waals surface area contributed by atoms with Gasteiger partial charge in [0.25, 0.3) is 0 Å². The molecular weight excluding hydrogens is 310 g/mol. The van der Waals surface area contributed by atoms with Crippen LogP contribution in [0.2, 0.25) is 5.02 Å². The zero-order chi connectivity index (χ0) is 14.8. The van der Waals surface area contributed by atoms with Gasteiger partial charge in [-0.05, 0) is 18.2 Å². The van der Waals surface area contributed by atoms with E-state index in [-0.39, 0.29) is 0 Å². The molecule has 7 heteroatoms. The SMILES string of the molecule is O=c1[nH]cc(CSc2cnc3cc(Cl)ccc3c2)[nH]c1=O. The molecular formula is C14H10ClN3O2S. The summed E-state index contributed by atoms with van der Waals surface area (Å²) in [6.07, 6.45) is 3.26. The van der Waals surface area contributed by atoms with Crippen LogP contribution in [0.15, 0.2) is 51.1 Å². The topological polar surface area (TPSA) is 78.6 Å². The molecule has 2 heterocycles. The second-order valence-electron chi connectivity index (χ2n) is 4.39. The van der Waals surface area contributed by atoms with Crippen molar-refractivity contribution in [3.8, 4) is 0 Å². The van der Waals surface area contributed by atoms with Crippen molar-refractivity contribution in [3.63, 3.8) is 0 Å². The number of hydrogen-bond donors (Lipinski definition) is 2. The van der Waals surface area contributed by atoms with Crippen LogP contribution in [0.5, 0.6) is 0 Å². The van der Waals surface area contributed by atoms with Crippen molar-refractivity contribution in [2.24, 2.45) is 0 Å². The molecule has 0 spiro atoms. The molecule has 106 valence electrons. The highest BCUT2D eigenvalue weighted by molar-refractivity contribution is 7.98. The monoisotopic (exact) mass is 319 g/mol. The first-order chi connectivity index (χ1) is 10.1. The third kappa shape index (κ3) is 3.17. The second-order valence-corrected chi connectivity index (χ2v) is 5.88. The molecule has 0 radical (unpaired) electrons. The highest BCUT2D eigenvalue weighted by atomic mass is 35.5. The average Bonchev–Trinajstić information content (AvgIpc) is 2.48. The summed E-state index contributed by atoms with van der Waals surface area (Å²) in [4.78, 5) is 32.5. The number of halogens is 1. The van der Waals surface area contributed by atoms with Gasteiger partial charge in [0.05, 0.1) is 5.52 Å². The molecule has 0 saturated carbocycles. The Kier molecular flexibility index (Phi) is 3.81. The third-order valence-corrected chi connectivity index (χ3v) is 4.12. The van der Waals surface area contributed by atoms with Gasteiger partial charge in [-0.15, -0.1) is 11.8 Å². The Hall–Kier alpha value is -2.05. The summed E-state index contributed by atoms with van der Waals surface area (Å²) in [7, 11) is 0. The first kappa shape index (κ1) is 13.9. The molecule has 21 heavy (non-hydrogen) atoms. The van der Waals surface area contributed by atoms with E-state index in [2.05, 4.69) is 15.0 Å². The van der Waals surface area contributed by atoms with E-state index in [0.717, 1.165) is 15.8 Å². The number of aromatic amines is 2. The first-order valence-electron chi connectivity index (χ1n) is 6.11.